The largest absolute Gasteiger partial charge is 0.381 e. The van der Waals surface area contributed by atoms with Crippen LogP contribution >= 0.6 is 0 Å². The van der Waals surface area contributed by atoms with Gasteiger partial charge < -0.3 is 10.6 Å². The van der Waals surface area contributed by atoms with Gasteiger partial charge >= 0.3 is 0 Å². The normalized spacial score (nSPS) is 23.5. The molecule has 23 heavy (non-hydrogen) atoms. The molecule has 2 heterocycles. The molecule has 0 unspecified atom stereocenters. The molecule has 2 atom stereocenters. The predicted molar refractivity (Wildman–Crippen MR) is 90.6 cm³/mol. The van der Waals surface area contributed by atoms with Gasteiger partial charge in [-0.25, -0.2) is 8.42 Å². The van der Waals surface area contributed by atoms with E-state index in [9.17, 15) is 8.42 Å². The van der Waals surface area contributed by atoms with Gasteiger partial charge in [-0.3, -0.25) is 0 Å². The number of fused-ring (bicyclic) bond motifs is 3. The highest BCUT2D eigenvalue weighted by atomic mass is 32.2. The Kier molecular flexibility index (Phi) is 3.62. The maximum atomic E-state index is 12.8. The highest BCUT2D eigenvalue weighted by molar-refractivity contribution is 7.91. The van der Waals surface area contributed by atoms with E-state index in [0.29, 0.717) is 21.8 Å². The average molecular weight is 328 g/mol. The number of hydrogen-bond donors (Lipinski definition) is 2. The first-order valence-electron chi connectivity index (χ1n) is 8.07. The molecular formula is C18H20N2O2S. The standard InChI is InChI=1S/C18H20N2O2S/c21-23(22,13-4-2-1-3-5-13)14-6-7-17-16(12-14)15-8-10-19-11-9-18(15)20-17/h1-7,12,15,18-20H,8-11H2/t15-,18+/m0/s1. The Morgan fingerprint density at radius 3 is 2.52 bits per heavy atom. The summed E-state index contributed by atoms with van der Waals surface area (Å²) in [6, 6.07) is 14.6. The molecule has 1 saturated heterocycles. The summed E-state index contributed by atoms with van der Waals surface area (Å²) in [7, 11) is -3.45. The van der Waals surface area contributed by atoms with Crippen LogP contribution < -0.4 is 10.6 Å². The first-order valence-corrected chi connectivity index (χ1v) is 9.56. The lowest BCUT2D eigenvalue weighted by atomic mass is 9.91. The summed E-state index contributed by atoms with van der Waals surface area (Å²) < 4.78 is 25.7. The van der Waals surface area contributed by atoms with Crippen LogP contribution in [0.2, 0.25) is 0 Å². The first kappa shape index (κ1) is 14.7. The van der Waals surface area contributed by atoms with Crippen LogP contribution in [-0.4, -0.2) is 27.5 Å². The molecule has 0 bridgehead atoms. The number of benzene rings is 2. The summed E-state index contributed by atoms with van der Waals surface area (Å²) in [5, 5.41) is 6.98. The van der Waals surface area contributed by atoms with Crippen LogP contribution in [-0.2, 0) is 9.84 Å². The molecule has 120 valence electrons. The third-order valence-electron chi connectivity index (χ3n) is 4.88. The summed E-state index contributed by atoms with van der Waals surface area (Å²) >= 11 is 0. The second-order valence-corrected chi connectivity index (χ2v) is 8.20. The molecule has 0 spiro atoms. The average Bonchev–Trinajstić information content (AvgIpc) is 2.76. The molecule has 2 aliphatic heterocycles. The van der Waals surface area contributed by atoms with E-state index in [-0.39, 0.29) is 0 Å². The lowest BCUT2D eigenvalue weighted by molar-refractivity contribution is 0.576. The van der Waals surface area contributed by atoms with Gasteiger partial charge in [0.05, 0.1) is 9.79 Å². The van der Waals surface area contributed by atoms with Crippen molar-refractivity contribution in [1.82, 2.24) is 5.32 Å². The van der Waals surface area contributed by atoms with E-state index in [1.807, 2.05) is 18.2 Å². The molecule has 2 N–H and O–H groups in total. The van der Waals surface area contributed by atoms with Crippen molar-refractivity contribution in [2.45, 2.75) is 34.6 Å². The summed E-state index contributed by atoms with van der Waals surface area (Å²) in [4.78, 5) is 0.743. The molecule has 5 heteroatoms. The Labute approximate surface area is 136 Å². The first-order chi connectivity index (χ1) is 11.2. The summed E-state index contributed by atoms with van der Waals surface area (Å²) in [6.45, 7) is 2.00. The van der Waals surface area contributed by atoms with Gasteiger partial charge in [-0.15, -0.1) is 0 Å². The van der Waals surface area contributed by atoms with Crippen LogP contribution in [0.15, 0.2) is 58.3 Å². The Morgan fingerprint density at radius 1 is 0.913 bits per heavy atom. The molecule has 2 aromatic rings. The van der Waals surface area contributed by atoms with Gasteiger partial charge in [0, 0.05) is 17.6 Å². The van der Waals surface area contributed by atoms with E-state index >= 15 is 0 Å². The molecule has 0 radical (unpaired) electrons. The Hall–Kier alpha value is -1.85. The van der Waals surface area contributed by atoms with Gasteiger partial charge in [-0.05, 0) is 61.8 Å². The summed E-state index contributed by atoms with van der Waals surface area (Å²) in [5.74, 6) is 0.394. The third kappa shape index (κ3) is 2.54. The van der Waals surface area contributed by atoms with Crippen molar-refractivity contribution in [2.24, 2.45) is 0 Å². The van der Waals surface area contributed by atoms with E-state index in [1.165, 1.54) is 0 Å². The van der Waals surface area contributed by atoms with Crippen molar-refractivity contribution >= 4 is 15.5 Å². The zero-order valence-electron chi connectivity index (χ0n) is 12.8. The summed E-state index contributed by atoms with van der Waals surface area (Å²) in [6.07, 6.45) is 2.11. The predicted octanol–water partition coefficient (Wildman–Crippen LogP) is 2.78. The van der Waals surface area contributed by atoms with Crippen molar-refractivity contribution in [3.63, 3.8) is 0 Å². The maximum absolute atomic E-state index is 12.8. The van der Waals surface area contributed by atoms with Gasteiger partial charge in [0.15, 0.2) is 0 Å². The fourth-order valence-corrected chi connectivity index (χ4v) is 4.99. The van der Waals surface area contributed by atoms with Crippen LogP contribution in [0.5, 0.6) is 0 Å². The van der Waals surface area contributed by atoms with Gasteiger partial charge in [0.25, 0.3) is 0 Å². The molecule has 0 amide bonds. The Morgan fingerprint density at radius 2 is 1.70 bits per heavy atom. The molecule has 2 aliphatic rings. The van der Waals surface area contributed by atoms with Gasteiger partial charge in [0.2, 0.25) is 9.84 Å². The number of rotatable bonds is 2. The maximum Gasteiger partial charge on any atom is 0.206 e. The molecule has 1 fully saturated rings. The van der Waals surface area contributed by atoms with Crippen LogP contribution in [0.25, 0.3) is 0 Å². The molecule has 4 rings (SSSR count). The second-order valence-electron chi connectivity index (χ2n) is 6.25. The van der Waals surface area contributed by atoms with Crippen LogP contribution in [0.3, 0.4) is 0 Å². The SMILES string of the molecule is O=S(=O)(c1ccccc1)c1ccc2c(c1)[C@@H]1CCNCC[C@H]1N2. The smallest absolute Gasteiger partial charge is 0.206 e. The zero-order valence-corrected chi connectivity index (χ0v) is 13.6. The highest BCUT2D eigenvalue weighted by Gasteiger charge is 2.33. The lowest BCUT2D eigenvalue weighted by Crippen LogP contribution is -2.21. The minimum Gasteiger partial charge on any atom is -0.381 e. The zero-order chi connectivity index (χ0) is 15.9. The van der Waals surface area contributed by atoms with E-state index in [2.05, 4.69) is 10.6 Å². The van der Waals surface area contributed by atoms with Gasteiger partial charge in [0.1, 0.15) is 0 Å². The quantitative estimate of drug-likeness (QED) is 0.890. The number of anilines is 1. The lowest BCUT2D eigenvalue weighted by Gasteiger charge is -2.16. The number of nitrogens with one attached hydrogen (secondary N) is 2. The van der Waals surface area contributed by atoms with Crippen LogP contribution in [0.4, 0.5) is 5.69 Å². The van der Waals surface area contributed by atoms with Crippen LogP contribution in [0, 0.1) is 0 Å². The monoisotopic (exact) mass is 328 g/mol. The van der Waals surface area contributed by atoms with Gasteiger partial charge in [-0.2, -0.15) is 0 Å². The van der Waals surface area contributed by atoms with Crippen molar-refractivity contribution in [3.8, 4) is 0 Å². The molecule has 0 aliphatic carbocycles. The minimum atomic E-state index is -3.45. The fourth-order valence-electron chi connectivity index (χ4n) is 3.67. The van der Waals surface area contributed by atoms with Crippen molar-refractivity contribution in [2.75, 3.05) is 18.4 Å². The van der Waals surface area contributed by atoms with E-state index in [1.54, 1.807) is 30.3 Å². The number of hydrogen-bond acceptors (Lipinski definition) is 4. The molecular weight excluding hydrogens is 308 g/mol. The van der Waals surface area contributed by atoms with E-state index in [4.69, 9.17) is 0 Å². The molecule has 2 aromatic carbocycles. The Balaban J connectivity index is 1.75. The molecule has 0 saturated carbocycles. The highest BCUT2D eigenvalue weighted by Crippen LogP contribution is 2.41. The fraction of sp³-hybridized carbons (Fsp3) is 0.333. The van der Waals surface area contributed by atoms with E-state index < -0.39 is 9.84 Å². The van der Waals surface area contributed by atoms with Gasteiger partial charge in [-0.1, -0.05) is 18.2 Å². The van der Waals surface area contributed by atoms with Crippen molar-refractivity contribution < 1.29 is 8.42 Å². The topological polar surface area (TPSA) is 58.2 Å². The molecule has 4 nitrogen and oxygen atoms in total. The minimum absolute atomic E-state index is 0.352. The molecule has 0 aromatic heterocycles. The second kappa shape index (κ2) is 5.65. The number of sulfone groups is 1. The van der Waals surface area contributed by atoms with Crippen molar-refractivity contribution in [3.05, 3.63) is 54.1 Å². The van der Waals surface area contributed by atoms with E-state index in [0.717, 1.165) is 37.2 Å². The van der Waals surface area contributed by atoms with Crippen LogP contribution in [0.1, 0.15) is 24.3 Å². The Bertz CT molecular complexity index is 818. The third-order valence-corrected chi connectivity index (χ3v) is 6.64. The van der Waals surface area contributed by atoms with Crippen molar-refractivity contribution in [1.29, 1.82) is 0 Å². The summed E-state index contributed by atoms with van der Waals surface area (Å²) in [5.41, 5.74) is 2.24.